The molecule has 3 aliphatic carbocycles. The van der Waals surface area contributed by atoms with Gasteiger partial charge in [0, 0.05) is 12.2 Å². The average Bonchev–Trinajstić information content (AvgIpc) is 2.86. The van der Waals surface area contributed by atoms with Crippen molar-refractivity contribution in [3.63, 3.8) is 0 Å². The van der Waals surface area contributed by atoms with E-state index in [1.807, 2.05) is 6.07 Å². The highest BCUT2D eigenvalue weighted by Gasteiger charge is 2.37. The van der Waals surface area contributed by atoms with Crippen LogP contribution in [0, 0.1) is 17.8 Å². The molecule has 0 unspecified atom stereocenters. The molecule has 0 radical (unpaired) electrons. The van der Waals surface area contributed by atoms with Gasteiger partial charge in [0.15, 0.2) is 0 Å². The second-order valence-corrected chi connectivity index (χ2v) is 7.46. The van der Waals surface area contributed by atoms with Crippen LogP contribution in [-0.4, -0.2) is 12.6 Å². The minimum absolute atomic E-state index is 0.0509. The first-order valence-electron chi connectivity index (χ1n) is 8.94. The number of benzene rings is 1. The summed E-state index contributed by atoms with van der Waals surface area (Å²) < 4.78 is 0. The van der Waals surface area contributed by atoms with Gasteiger partial charge in [-0.1, -0.05) is 25.3 Å². The molecule has 0 spiro atoms. The first-order valence-corrected chi connectivity index (χ1v) is 8.94. The van der Waals surface area contributed by atoms with E-state index in [-0.39, 0.29) is 6.03 Å². The smallest absolute Gasteiger partial charge is 0.319 e. The molecular weight excluding hydrogens is 272 g/mol. The summed E-state index contributed by atoms with van der Waals surface area (Å²) in [6.45, 7) is 0.833. The number of aryl methyl sites for hydroxylation is 2. The van der Waals surface area contributed by atoms with E-state index >= 15 is 0 Å². The summed E-state index contributed by atoms with van der Waals surface area (Å²) in [5, 5.41) is 6.03. The molecule has 3 heteroatoms. The maximum atomic E-state index is 12.0. The van der Waals surface area contributed by atoms with Gasteiger partial charge >= 0.3 is 6.03 Å². The van der Waals surface area contributed by atoms with E-state index in [4.69, 9.17) is 0 Å². The molecule has 1 aromatic carbocycles. The quantitative estimate of drug-likeness (QED) is 0.862. The van der Waals surface area contributed by atoms with Crippen molar-refractivity contribution in [2.75, 3.05) is 11.9 Å². The van der Waals surface area contributed by atoms with Crippen molar-refractivity contribution in [1.82, 2.24) is 5.32 Å². The van der Waals surface area contributed by atoms with E-state index < -0.39 is 0 Å². The monoisotopic (exact) mass is 298 g/mol. The number of anilines is 1. The van der Waals surface area contributed by atoms with Crippen LogP contribution in [0.1, 0.15) is 49.7 Å². The fourth-order valence-corrected chi connectivity index (χ4v) is 4.31. The molecule has 3 aliphatic rings. The fourth-order valence-electron chi connectivity index (χ4n) is 4.31. The summed E-state index contributed by atoms with van der Waals surface area (Å²) in [5.41, 5.74) is 3.78. The Balaban J connectivity index is 1.20. The molecule has 22 heavy (non-hydrogen) atoms. The number of hydrogen-bond donors (Lipinski definition) is 2. The number of fused-ring (bicyclic) bond motifs is 1. The SMILES string of the molecule is O=C(NCC1CC(C2CCC2)C1)Nc1ccc2c(c1)CCC2. The average molecular weight is 298 g/mol. The Morgan fingerprint density at radius 2 is 1.86 bits per heavy atom. The predicted octanol–water partition coefficient (Wildman–Crippen LogP) is 4.12. The van der Waals surface area contributed by atoms with Gasteiger partial charge in [-0.25, -0.2) is 4.79 Å². The Morgan fingerprint density at radius 3 is 2.64 bits per heavy atom. The zero-order chi connectivity index (χ0) is 14.9. The molecule has 2 saturated carbocycles. The second kappa shape index (κ2) is 5.94. The lowest BCUT2D eigenvalue weighted by Gasteiger charge is -2.44. The van der Waals surface area contributed by atoms with Crippen LogP contribution in [-0.2, 0) is 12.8 Å². The first kappa shape index (κ1) is 14.1. The predicted molar refractivity (Wildman–Crippen MR) is 89.0 cm³/mol. The van der Waals surface area contributed by atoms with Crippen LogP contribution in [0.3, 0.4) is 0 Å². The van der Waals surface area contributed by atoms with Crippen molar-refractivity contribution in [3.8, 4) is 0 Å². The number of amides is 2. The van der Waals surface area contributed by atoms with Crippen molar-refractivity contribution >= 4 is 11.7 Å². The van der Waals surface area contributed by atoms with E-state index in [1.54, 1.807) is 0 Å². The van der Waals surface area contributed by atoms with Gasteiger partial charge in [-0.2, -0.15) is 0 Å². The summed E-state index contributed by atoms with van der Waals surface area (Å²) in [6, 6.07) is 6.27. The van der Waals surface area contributed by atoms with Crippen LogP contribution in [0.5, 0.6) is 0 Å². The number of nitrogens with one attached hydrogen (secondary N) is 2. The number of carbonyl (C=O) groups excluding carboxylic acids is 1. The van der Waals surface area contributed by atoms with E-state index in [0.29, 0.717) is 5.92 Å². The minimum atomic E-state index is -0.0509. The summed E-state index contributed by atoms with van der Waals surface area (Å²) >= 11 is 0. The van der Waals surface area contributed by atoms with Crippen molar-refractivity contribution < 1.29 is 4.79 Å². The number of rotatable bonds is 4. The van der Waals surface area contributed by atoms with Gasteiger partial charge in [-0.3, -0.25) is 0 Å². The fraction of sp³-hybridized carbons (Fsp3) is 0.632. The highest BCUT2D eigenvalue weighted by molar-refractivity contribution is 5.89. The standard InChI is InChI=1S/C19H26N2O/c22-19(20-12-13-9-17(10-13)14-3-1-4-14)21-18-8-7-15-5-2-6-16(15)11-18/h7-8,11,13-14,17H,1-6,9-10,12H2,(H2,20,21,22). The molecule has 0 aromatic heterocycles. The van der Waals surface area contributed by atoms with E-state index in [1.165, 1.54) is 56.1 Å². The summed E-state index contributed by atoms with van der Waals surface area (Å²) in [7, 11) is 0. The molecule has 4 rings (SSSR count). The zero-order valence-electron chi connectivity index (χ0n) is 13.2. The highest BCUT2D eigenvalue weighted by Crippen LogP contribution is 2.46. The topological polar surface area (TPSA) is 41.1 Å². The number of hydrogen-bond acceptors (Lipinski definition) is 1. The van der Waals surface area contributed by atoms with Gasteiger partial charge in [-0.15, -0.1) is 0 Å². The molecule has 0 aliphatic heterocycles. The van der Waals surface area contributed by atoms with Crippen LogP contribution in [0.15, 0.2) is 18.2 Å². The second-order valence-electron chi connectivity index (χ2n) is 7.46. The van der Waals surface area contributed by atoms with Gasteiger partial charge in [0.1, 0.15) is 0 Å². The Kier molecular flexibility index (Phi) is 3.81. The van der Waals surface area contributed by atoms with E-state index in [2.05, 4.69) is 22.8 Å². The Hall–Kier alpha value is -1.51. The van der Waals surface area contributed by atoms with E-state index in [0.717, 1.165) is 30.5 Å². The lowest BCUT2D eigenvalue weighted by atomic mass is 9.62. The number of carbonyl (C=O) groups is 1. The normalized spacial score (nSPS) is 26.7. The molecule has 2 fully saturated rings. The molecule has 0 saturated heterocycles. The van der Waals surface area contributed by atoms with Gasteiger partial charge in [0.2, 0.25) is 0 Å². The van der Waals surface area contributed by atoms with Crippen molar-refractivity contribution in [3.05, 3.63) is 29.3 Å². The van der Waals surface area contributed by atoms with Crippen LogP contribution in [0.2, 0.25) is 0 Å². The lowest BCUT2D eigenvalue weighted by molar-refractivity contribution is 0.0752. The molecule has 118 valence electrons. The maximum Gasteiger partial charge on any atom is 0.319 e. The Morgan fingerprint density at radius 1 is 1.05 bits per heavy atom. The van der Waals surface area contributed by atoms with Crippen LogP contribution >= 0.6 is 0 Å². The van der Waals surface area contributed by atoms with Crippen molar-refractivity contribution in [2.24, 2.45) is 17.8 Å². The lowest BCUT2D eigenvalue weighted by Crippen LogP contribution is -2.41. The highest BCUT2D eigenvalue weighted by atomic mass is 16.2. The Labute approximate surface area is 132 Å². The third-order valence-electron chi connectivity index (χ3n) is 6.00. The third kappa shape index (κ3) is 2.86. The van der Waals surface area contributed by atoms with Gasteiger partial charge in [0.25, 0.3) is 0 Å². The van der Waals surface area contributed by atoms with Crippen molar-refractivity contribution in [2.45, 2.75) is 51.4 Å². The molecule has 0 bridgehead atoms. The zero-order valence-corrected chi connectivity index (χ0v) is 13.2. The molecule has 3 nitrogen and oxygen atoms in total. The number of urea groups is 1. The summed E-state index contributed by atoms with van der Waals surface area (Å²) in [6.07, 6.45) is 10.6. The third-order valence-corrected chi connectivity index (χ3v) is 6.00. The van der Waals surface area contributed by atoms with Gasteiger partial charge in [-0.05, 0) is 73.1 Å². The van der Waals surface area contributed by atoms with Crippen LogP contribution in [0.25, 0.3) is 0 Å². The van der Waals surface area contributed by atoms with Crippen molar-refractivity contribution in [1.29, 1.82) is 0 Å². The molecule has 2 amide bonds. The maximum absolute atomic E-state index is 12.0. The van der Waals surface area contributed by atoms with Crippen LogP contribution < -0.4 is 10.6 Å². The van der Waals surface area contributed by atoms with E-state index in [9.17, 15) is 4.79 Å². The minimum Gasteiger partial charge on any atom is -0.338 e. The van der Waals surface area contributed by atoms with Gasteiger partial charge < -0.3 is 10.6 Å². The summed E-state index contributed by atoms with van der Waals surface area (Å²) in [4.78, 5) is 12.0. The first-order chi connectivity index (χ1) is 10.8. The van der Waals surface area contributed by atoms with Gasteiger partial charge in [0.05, 0.1) is 0 Å². The molecule has 0 atom stereocenters. The molecule has 2 N–H and O–H groups in total. The largest absolute Gasteiger partial charge is 0.338 e. The van der Waals surface area contributed by atoms with Crippen LogP contribution in [0.4, 0.5) is 10.5 Å². The molecule has 0 heterocycles. The molecular formula is C19H26N2O. The summed E-state index contributed by atoms with van der Waals surface area (Å²) in [5.74, 6) is 2.67. The molecule has 1 aromatic rings. The Bertz CT molecular complexity index is 559.